The van der Waals surface area contributed by atoms with Crippen LogP contribution in [0.15, 0.2) is 48.8 Å². The minimum atomic E-state index is -1.14. The fraction of sp³-hybridized carbons (Fsp3) is 0.333. The number of imidazole rings is 1. The number of hydrogen-bond acceptors (Lipinski definition) is 6. The number of halogens is 2. The molecule has 9 heteroatoms. The number of ether oxygens (including phenoxy) is 3. The predicted octanol–water partition coefficient (Wildman–Crippen LogP) is 3.79. The fourth-order valence-corrected chi connectivity index (χ4v) is 3.97. The van der Waals surface area contributed by atoms with Gasteiger partial charge in [0.1, 0.15) is 47.4 Å². The Balaban J connectivity index is 1.50. The van der Waals surface area contributed by atoms with E-state index in [1.807, 2.05) is 22.7 Å². The molecule has 4 heterocycles. The number of aromatic nitrogens is 3. The molecule has 3 aromatic heterocycles. The lowest BCUT2D eigenvalue weighted by Crippen LogP contribution is -2.44. The van der Waals surface area contributed by atoms with Gasteiger partial charge in [0.2, 0.25) is 0 Å². The lowest BCUT2D eigenvalue weighted by Gasteiger charge is -2.27. The summed E-state index contributed by atoms with van der Waals surface area (Å²) >= 11 is 0. The molecular formula is C24H24F2N4O3. The molecule has 1 aliphatic rings. The van der Waals surface area contributed by atoms with Crippen molar-refractivity contribution in [3.05, 3.63) is 54.6 Å². The van der Waals surface area contributed by atoms with Gasteiger partial charge in [-0.2, -0.15) is 0 Å². The predicted molar refractivity (Wildman–Crippen MR) is 120 cm³/mol. The Morgan fingerprint density at radius 3 is 2.94 bits per heavy atom. The van der Waals surface area contributed by atoms with E-state index >= 15 is 0 Å². The van der Waals surface area contributed by atoms with Gasteiger partial charge in [-0.25, -0.2) is 18.7 Å². The van der Waals surface area contributed by atoms with Crippen molar-refractivity contribution in [3.63, 3.8) is 0 Å². The third kappa shape index (κ3) is 4.34. The Morgan fingerprint density at radius 2 is 2.09 bits per heavy atom. The van der Waals surface area contributed by atoms with Gasteiger partial charge in [-0.1, -0.05) is 0 Å². The van der Waals surface area contributed by atoms with Crippen molar-refractivity contribution >= 4 is 16.6 Å². The van der Waals surface area contributed by atoms with Crippen molar-refractivity contribution in [2.24, 2.45) is 0 Å². The number of pyridine rings is 2. The second-order valence-corrected chi connectivity index (χ2v) is 7.88. The fourth-order valence-electron chi connectivity index (χ4n) is 3.97. The molecule has 1 aromatic carbocycles. The average molecular weight is 454 g/mol. The highest BCUT2D eigenvalue weighted by molar-refractivity contribution is 5.87. The third-order valence-corrected chi connectivity index (χ3v) is 5.70. The van der Waals surface area contributed by atoms with Crippen LogP contribution in [0.3, 0.4) is 0 Å². The lowest BCUT2D eigenvalue weighted by atomic mass is 10.1. The minimum absolute atomic E-state index is 0.238. The molecule has 0 bridgehead atoms. The van der Waals surface area contributed by atoms with E-state index in [0.29, 0.717) is 59.9 Å². The zero-order chi connectivity index (χ0) is 22.8. The first-order valence-electron chi connectivity index (χ1n) is 10.8. The van der Waals surface area contributed by atoms with Crippen LogP contribution in [0.5, 0.6) is 11.5 Å². The Hall–Kier alpha value is -3.30. The molecule has 1 saturated heterocycles. The average Bonchev–Trinajstić information content (AvgIpc) is 3.25. The summed E-state index contributed by atoms with van der Waals surface area (Å²) in [6.45, 7) is 1.84. The van der Waals surface area contributed by atoms with Gasteiger partial charge >= 0.3 is 0 Å². The first-order chi connectivity index (χ1) is 16.1. The van der Waals surface area contributed by atoms with E-state index in [0.717, 1.165) is 5.69 Å². The molecule has 0 amide bonds. The number of hydrogen-bond donors (Lipinski definition) is 1. The molecule has 0 radical (unpaired) electrons. The second-order valence-electron chi connectivity index (χ2n) is 7.88. The number of rotatable bonds is 7. The molecule has 172 valence electrons. The summed E-state index contributed by atoms with van der Waals surface area (Å²) in [5.74, 6) is 0.642. The maximum Gasteiger partial charge on any atom is 0.149 e. The lowest BCUT2D eigenvalue weighted by molar-refractivity contribution is 0.0742. The molecule has 33 heavy (non-hydrogen) atoms. The van der Waals surface area contributed by atoms with E-state index in [2.05, 4.69) is 10.3 Å². The summed E-state index contributed by atoms with van der Waals surface area (Å²) in [5, 5.41) is 3.33. The maximum atomic E-state index is 14.5. The zero-order valence-corrected chi connectivity index (χ0v) is 18.1. The van der Waals surface area contributed by atoms with Crippen LogP contribution >= 0.6 is 0 Å². The molecule has 1 aliphatic heterocycles. The summed E-state index contributed by atoms with van der Waals surface area (Å²) in [4.78, 5) is 9.15. The number of nitrogens with one attached hydrogen (secondary N) is 1. The van der Waals surface area contributed by atoms with E-state index in [-0.39, 0.29) is 6.54 Å². The smallest absolute Gasteiger partial charge is 0.149 e. The third-order valence-electron chi connectivity index (χ3n) is 5.70. The normalized spacial score (nSPS) is 18.6. The molecule has 7 nitrogen and oxygen atoms in total. The Labute approximate surface area is 189 Å². The minimum Gasteiger partial charge on any atom is -0.491 e. The van der Waals surface area contributed by atoms with Crippen molar-refractivity contribution < 1.29 is 23.0 Å². The molecule has 0 aliphatic carbocycles. The van der Waals surface area contributed by atoms with Crippen molar-refractivity contribution in [2.45, 2.75) is 18.7 Å². The Morgan fingerprint density at radius 1 is 1.18 bits per heavy atom. The molecule has 0 saturated carbocycles. The van der Waals surface area contributed by atoms with Gasteiger partial charge in [0, 0.05) is 31.3 Å². The first kappa shape index (κ1) is 21.5. The standard InChI is InChI=1S/C24H24F2N4O3/c1-31-10-11-32-15-7-9-30-20(14-28-23(30)12-15)19-4-2-16-17(25)3-5-22(24(16)29-19)33-21-6-8-27-13-18(21)26/h2-5,7,9,12,14,18,21,27H,6,8,10-11,13H2,1H3/t18-,21+/m0/s1. The van der Waals surface area contributed by atoms with E-state index in [1.54, 1.807) is 25.4 Å². The summed E-state index contributed by atoms with van der Waals surface area (Å²) in [6.07, 6.45) is 2.34. The number of fused-ring (bicyclic) bond motifs is 2. The van der Waals surface area contributed by atoms with Crippen molar-refractivity contribution in [1.82, 2.24) is 19.7 Å². The first-order valence-corrected chi connectivity index (χ1v) is 10.8. The van der Waals surface area contributed by atoms with Crippen molar-refractivity contribution in [1.29, 1.82) is 0 Å². The van der Waals surface area contributed by atoms with E-state index < -0.39 is 18.1 Å². The van der Waals surface area contributed by atoms with Gasteiger partial charge in [-0.05, 0) is 43.3 Å². The van der Waals surface area contributed by atoms with Gasteiger partial charge in [0.25, 0.3) is 0 Å². The van der Waals surface area contributed by atoms with Crippen LogP contribution in [0.1, 0.15) is 6.42 Å². The van der Waals surface area contributed by atoms with Crippen LogP contribution in [0.2, 0.25) is 0 Å². The molecule has 1 fully saturated rings. The number of methoxy groups -OCH3 is 1. The van der Waals surface area contributed by atoms with Gasteiger partial charge in [-0.15, -0.1) is 0 Å². The molecule has 1 N–H and O–H groups in total. The maximum absolute atomic E-state index is 14.5. The number of alkyl halides is 1. The van der Waals surface area contributed by atoms with E-state index in [4.69, 9.17) is 19.2 Å². The van der Waals surface area contributed by atoms with Gasteiger partial charge in [0.15, 0.2) is 0 Å². The van der Waals surface area contributed by atoms with Crippen LogP contribution in [-0.2, 0) is 4.74 Å². The molecule has 0 unspecified atom stereocenters. The molecular weight excluding hydrogens is 430 g/mol. The quantitative estimate of drug-likeness (QED) is 0.429. The van der Waals surface area contributed by atoms with E-state index in [9.17, 15) is 8.78 Å². The van der Waals surface area contributed by atoms with Crippen LogP contribution in [-0.4, -0.2) is 60.1 Å². The van der Waals surface area contributed by atoms with E-state index in [1.165, 1.54) is 12.1 Å². The highest BCUT2D eigenvalue weighted by Gasteiger charge is 2.27. The molecule has 4 aromatic rings. The SMILES string of the molecule is COCCOc1ccn2c(-c3ccc4c(F)ccc(O[C@@H]5CCNC[C@@H]5F)c4n3)cnc2c1. The molecule has 2 atom stereocenters. The van der Waals surface area contributed by atoms with Crippen LogP contribution in [0.25, 0.3) is 27.9 Å². The van der Waals surface area contributed by atoms with Crippen molar-refractivity contribution in [3.8, 4) is 22.9 Å². The summed E-state index contributed by atoms with van der Waals surface area (Å²) in [6, 6.07) is 9.91. The topological polar surface area (TPSA) is 69.9 Å². The van der Waals surface area contributed by atoms with Crippen LogP contribution in [0.4, 0.5) is 8.78 Å². The monoisotopic (exact) mass is 454 g/mol. The zero-order valence-electron chi connectivity index (χ0n) is 18.1. The number of nitrogens with zero attached hydrogens (tertiary/aromatic N) is 3. The summed E-state index contributed by atoms with van der Waals surface area (Å²) in [5.41, 5.74) is 2.37. The highest BCUT2D eigenvalue weighted by atomic mass is 19.1. The van der Waals surface area contributed by atoms with Gasteiger partial charge < -0.3 is 19.5 Å². The molecule has 0 spiro atoms. The van der Waals surface area contributed by atoms with Gasteiger partial charge in [0.05, 0.1) is 24.2 Å². The molecule has 5 rings (SSSR count). The highest BCUT2D eigenvalue weighted by Crippen LogP contribution is 2.31. The van der Waals surface area contributed by atoms with Gasteiger partial charge in [-0.3, -0.25) is 4.40 Å². The number of benzene rings is 1. The summed E-state index contributed by atoms with van der Waals surface area (Å²) in [7, 11) is 1.62. The Bertz CT molecular complexity index is 1280. The Kier molecular flexibility index (Phi) is 6.06. The van der Waals surface area contributed by atoms with Crippen molar-refractivity contribution in [2.75, 3.05) is 33.4 Å². The second kappa shape index (κ2) is 9.29. The summed E-state index contributed by atoms with van der Waals surface area (Å²) < 4.78 is 47.3. The van der Waals surface area contributed by atoms with Crippen LogP contribution in [0, 0.1) is 5.82 Å². The van der Waals surface area contributed by atoms with Crippen LogP contribution < -0.4 is 14.8 Å². The number of piperidine rings is 1. The largest absolute Gasteiger partial charge is 0.491 e.